The predicted molar refractivity (Wildman–Crippen MR) is 92.1 cm³/mol. The molecule has 0 aromatic heterocycles. The number of likely N-dealkylation sites (N-methyl/N-ethyl adjacent to an activating group) is 1. The molecule has 2 heterocycles. The van der Waals surface area contributed by atoms with Crippen molar-refractivity contribution >= 4 is 29.2 Å². The van der Waals surface area contributed by atoms with Crippen molar-refractivity contribution in [2.75, 3.05) is 19.1 Å². The van der Waals surface area contributed by atoms with Crippen LogP contribution in [0.25, 0.3) is 6.08 Å². The molecular weight excluding hydrogens is 328 g/mol. The molecule has 24 heavy (non-hydrogen) atoms. The number of nitrogens with zero attached hydrogens (tertiary/aromatic N) is 2. The maximum Gasteiger partial charge on any atom is 0.294 e. The predicted octanol–water partition coefficient (Wildman–Crippen LogP) is 3.87. The summed E-state index contributed by atoms with van der Waals surface area (Å²) in [5.41, 5.74) is 1.71. The molecule has 2 aliphatic rings. The Balaban J connectivity index is 1.83. The molecule has 7 heteroatoms. The monoisotopic (exact) mass is 342 g/mol. The molecule has 0 bridgehead atoms. The Morgan fingerprint density at radius 2 is 2.08 bits per heavy atom. The molecule has 0 radical (unpaired) electrons. The third-order valence-electron chi connectivity index (χ3n) is 4.19. The van der Waals surface area contributed by atoms with Crippen molar-refractivity contribution in [1.82, 2.24) is 0 Å². The summed E-state index contributed by atoms with van der Waals surface area (Å²) in [4.78, 5) is 13.7. The highest BCUT2D eigenvalue weighted by Gasteiger charge is 2.52. The van der Waals surface area contributed by atoms with Crippen molar-refractivity contribution in [2.24, 2.45) is 0 Å². The van der Waals surface area contributed by atoms with Gasteiger partial charge in [-0.05, 0) is 36.0 Å². The summed E-state index contributed by atoms with van der Waals surface area (Å²) in [5, 5.41) is 10.1. The van der Waals surface area contributed by atoms with Crippen LogP contribution in [0.1, 0.15) is 5.56 Å². The highest BCUT2D eigenvalue weighted by atomic mass is 32.2. The van der Waals surface area contributed by atoms with E-state index in [1.807, 2.05) is 36.2 Å². The minimum Gasteiger partial charge on any atom is -0.494 e. The third kappa shape index (κ3) is 1.98. The van der Waals surface area contributed by atoms with Crippen LogP contribution in [-0.2, 0) is 4.74 Å². The first-order valence-electron chi connectivity index (χ1n) is 7.30. The van der Waals surface area contributed by atoms with Crippen LogP contribution >= 0.6 is 11.8 Å². The zero-order valence-electron chi connectivity index (χ0n) is 13.1. The average Bonchev–Trinajstić information content (AvgIpc) is 2.87. The smallest absolute Gasteiger partial charge is 0.294 e. The fourth-order valence-electron chi connectivity index (χ4n) is 2.98. The molecule has 0 amide bonds. The first-order chi connectivity index (χ1) is 11.5. The Labute approximate surface area is 142 Å². The number of benzene rings is 2. The number of thioether (sulfide) groups is 1. The Hall–Kier alpha value is -2.67. The van der Waals surface area contributed by atoms with Gasteiger partial charge in [-0.2, -0.15) is 0 Å². The van der Waals surface area contributed by atoms with E-state index >= 15 is 0 Å². The van der Waals surface area contributed by atoms with Crippen LogP contribution < -0.4 is 9.64 Å². The normalized spacial score (nSPS) is 20.9. The molecule has 2 aromatic carbocycles. The number of ether oxygens (including phenoxy) is 2. The highest BCUT2D eigenvalue weighted by molar-refractivity contribution is 8.01. The summed E-state index contributed by atoms with van der Waals surface area (Å²) < 4.78 is 11.9. The summed E-state index contributed by atoms with van der Waals surface area (Å²) in [6.45, 7) is 0. The fourth-order valence-corrected chi connectivity index (χ4v) is 4.34. The molecule has 122 valence electrons. The van der Waals surface area contributed by atoms with Crippen LogP contribution in [0.15, 0.2) is 53.1 Å². The van der Waals surface area contributed by atoms with Gasteiger partial charge in [-0.1, -0.05) is 12.1 Å². The Bertz CT molecular complexity index is 883. The molecule has 0 saturated heterocycles. The standard InChI is InChI=1S/C17H14N2O4S/c1-18-13-5-3-4-6-15(13)24-17(18)16(22-2)10-11-9-12(19(20)21)7-8-14(11)23-17/h3-10H,1-2H3. The number of nitro groups is 1. The molecule has 1 spiro atoms. The van der Waals surface area contributed by atoms with Crippen LogP contribution in [0.4, 0.5) is 11.4 Å². The Morgan fingerprint density at radius 3 is 2.79 bits per heavy atom. The molecular formula is C17H14N2O4S. The number of hydrogen-bond donors (Lipinski definition) is 0. The SMILES string of the molecule is COC1=Cc2cc([N+](=O)[O-])ccc2OC12Sc1ccccc1N2C. The number of methoxy groups -OCH3 is 1. The lowest BCUT2D eigenvalue weighted by Gasteiger charge is -2.39. The van der Waals surface area contributed by atoms with Crippen LogP contribution in [0, 0.1) is 10.1 Å². The topological polar surface area (TPSA) is 64.8 Å². The lowest BCUT2D eigenvalue weighted by Crippen LogP contribution is -2.49. The summed E-state index contributed by atoms with van der Waals surface area (Å²) in [6, 6.07) is 12.6. The van der Waals surface area contributed by atoms with E-state index in [-0.39, 0.29) is 5.69 Å². The molecule has 1 atom stereocenters. The summed E-state index contributed by atoms with van der Waals surface area (Å²) in [6.07, 6.45) is 1.81. The largest absolute Gasteiger partial charge is 0.494 e. The maximum absolute atomic E-state index is 11.0. The van der Waals surface area contributed by atoms with E-state index in [1.54, 1.807) is 31.0 Å². The van der Waals surface area contributed by atoms with Crippen LogP contribution in [-0.4, -0.2) is 24.1 Å². The van der Waals surface area contributed by atoms with Gasteiger partial charge < -0.3 is 14.4 Å². The van der Waals surface area contributed by atoms with Gasteiger partial charge in [0.1, 0.15) is 5.75 Å². The van der Waals surface area contributed by atoms with E-state index in [1.165, 1.54) is 12.1 Å². The number of rotatable bonds is 2. The van der Waals surface area contributed by atoms with Crippen LogP contribution in [0.2, 0.25) is 0 Å². The molecule has 4 rings (SSSR count). The number of fused-ring (bicyclic) bond motifs is 2. The van der Waals surface area contributed by atoms with Crippen molar-refractivity contribution < 1.29 is 14.4 Å². The van der Waals surface area contributed by atoms with Crippen LogP contribution in [0.3, 0.4) is 0 Å². The van der Waals surface area contributed by atoms with Gasteiger partial charge in [0.05, 0.1) is 17.7 Å². The quantitative estimate of drug-likeness (QED) is 0.610. The second kappa shape index (κ2) is 5.17. The van der Waals surface area contributed by atoms with Gasteiger partial charge in [0, 0.05) is 29.6 Å². The van der Waals surface area contributed by atoms with Crippen molar-refractivity contribution in [3.8, 4) is 5.75 Å². The molecule has 0 aliphatic carbocycles. The maximum atomic E-state index is 11.0. The first-order valence-corrected chi connectivity index (χ1v) is 8.12. The van der Waals surface area contributed by atoms with E-state index < -0.39 is 9.98 Å². The Morgan fingerprint density at radius 1 is 1.29 bits per heavy atom. The number of nitro benzene ring substituents is 1. The van der Waals surface area contributed by atoms with Crippen molar-refractivity contribution in [1.29, 1.82) is 0 Å². The highest BCUT2D eigenvalue weighted by Crippen LogP contribution is 2.55. The average molecular weight is 342 g/mol. The second-order valence-electron chi connectivity index (χ2n) is 5.50. The summed E-state index contributed by atoms with van der Waals surface area (Å²) in [7, 11) is 3.53. The zero-order valence-corrected chi connectivity index (χ0v) is 13.9. The minimum absolute atomic E-state index is 0.0238. The van der Waals surface area contributed by atoms with E-state index in [9.17, 15) is 10.1 Å². The van der Waals surface area contributed by atoms with Gasteiger partial charge in [-0.25, -0.2) is 0 Å². The first kappa shape index (κ1) is 14.9. The van der Waals surface area contributed by atoms with Gasteiger partial charge in [0.25, 0.3) is 10.7 Å². The zero-order chi connectivity index (χ0) is 16.9. The lowest BCUT2D eigenvalue weighted by molar-refractivity contribution is -0.384. The van der Waals surface area contributed by atoms with Crippen molar-refractivity contribution in [3.63, 3.8) is 0 Å². The minimum atomic E-state index is -0.846. The molecule has 0 N–H and O–H groups in total. The molecule has 1 unspecified atom stereocenters. The van der Waals surface area contributed by atoms with Gasteiger partial charge in [0.2, 0.25) is 0 Å². The second-order valence-corrected chi connectivity index (χ2v) is 6.70. The molecule has 0 saturated carbocycles. The summed E-state index contributed by atoms with van der Waals surface area (Å²) >= 11 is 1.55. The fraction of sp³-hybridized carbons (Fsp3) is 0.176. The van der Waals surface area contributed by atoms with E-state index in [4.69, 9.17) is 9.47 Å². The number of para-hydroxylation sites is 1. The number of hydrogen-bond acceptors (Lipinski definition) is 6. The van der Waals surface area contributed by atoms with E-state index in [0.29, 0.717) is 17.1 Å². The number of non-ortho nitro benzene ring substituents is 1. The third-order valence-corrected chi connectivity index (χ3v) is 5.59. The van der Waals surface area contributed by atoms with Gasteiger partial charge in [-0.15, -0.1) is 0 Å². The molecule has 6 nitrogen and oxygen atoms in total. The van der Waals surface area contributed by atoms with Crippen molar-refractivity contribution in [2.45, 2.75) is 9.95 Å². The van der Waals surface area contributed by atoms with E-state index in [2.05, 4.69) is 0 Å². The van der Waals surface area contributed by atoms with Crippen LogP contribution in [0.5, 0.6) is 5.75 Å². The molecule has 2 aromatic rings. The van der Waals surface area contributed by atoms with Gasteiger partial charge in [0.15, 0.2) is 5.76 Å². The molecule has 2 aliphatic heterocycles. The number of anilines is 1. The molecule has 0 fully saturated rings. The lowest BCUT2D eigenvalue weighted by atomic mass is 10.1. The van der Waals surface area contributed by atoms with Crippen molar-refractivity contribution in [3.05, 3.63) is 63.9 Å². The Kier molecular flexibility index (Phi) is 3.21. The van der Waals surface area contributed by atoms with Gasteiger partial charge >= 0.3 is 0 Å². The summed E-state index contributed by atoms with van der Waals surface area (Å²) in [5.74, 6) is 1.19. The van der Waals surface area contributed by atoms with Gasteiger partial charge in [-0.3, -0.25) is 10.1 Å². The van der Waals surface area contributed by atoms with E-state index in [0.717, 1.165) is 10.6 Å².